The smallest absolute Gasteiger partial charge is 0.314 e. The van der Waals surface area contributed by atoms with Gasteiger partial charge in [-0.25, -0.2) is 0 Å². The molecule has 0 radical (unpaired) electrons. The largest absolute Gasteiger partial charge is 0.495 e. The molecule has 4 heteroatoms. The summed E-state index contributed by atoms with van der Waals surface area (Å²) in [5.41, 5.74) is 1.12. The van der Waals surface area contributed by atoms with Crippen LogP contribution < -0.4 is 4.74 Å². The molecule has 0 heterocycles. The number of rotatable bonds is 4. The summed E-state index contributed by atoms with van der Waals surface area (Å²) >= 11 is 6.19. The molecule has 1 aromatic carbocycles. The number of carbonyl (C=O) groups is 1. The zero-order valence-corrected chi connectivity index (χ0v) is 12.1. The molecule has 0 saturated heterocycles. The number of aliphatic carboxylic acids is 1. The van der Waals surface area contributed by atoms with Crippen LogP contribution in [-0.2, 0) is 16.6 Å². The molecular weight excluding hydrogens is 264 g/mol. The van der Waals surface area contributed by atoms with E-state index in [1.54, 1.807) is 13.2 Å². The average molecular weight is 283 g/mol. The number of carboxylic acids is 1. The number of ether oxygens (including phenoxy) is 1. The summed E-state index contributed by atoms with van der Waals surface area (Å²) in [6.45, 7) is 2.02. The summed E-state index contributed by atoms with van der Waals surface area (Å²) < 4.78 is 5.22. The van der Waals surface area contributed by atoms with E-state index in [1.807, 2.05) is 13.0 Å². The van der Waals surface area contributed by atoms with Crippen LogP contribution in [-0.4, -0.2) is 18.2 Å². The van der Waals surface area contributed by atoms with E-state index in [4.69, 9.17) is 16.3 Å². The maximum Gasteiger partial charge on any atom is 0.314 e. The fraction of sp³-hybridized carbons (Fsp3) is 0.533. The Balaban J connectivity index is 2.60. The van der Waals surface area contributed by atoms with E-state index in [9.17, 15) is 9.90 Å². The first-order valence-electron chi connectivity index (χ1n) is 6.65. The van der Waals surface area contributed by atoms with E-state index < -0.39 is 11.4 Å². The topological polar surface area (TPSA) is 46.5 Å². The minimum atomic E-state index is -0.763. The molecular formula is C15H19ClO3. The average Bonchev–Trinajstić information content (AvgIpc) is 2.89. The second-order valence-electron chi connectivity index (χ2n) is 5.09. The summed E-state index contributed by atoms with van der Waals surface area (Å²) in [6.07, 6.45) is 4.08. The van der Waals surface area contributed by atoms with Crippen molar-refractivity contribution >= 4 is 17.6 Å². The first-order chi connectivity index (χ1) is 9.05. The number of hydrogen-bond donors (Lipinski definition) is 1. The first-order valence-corrected chi connectivity index (χ1v) is 7.03. The van der Waals surface area contributed by atoms with Crippen LogP contribution in [0.5, 0.6) is 5.75 Å². The Bertz CT molecular complexity index is 490. The van der Waals surface area contributed by atoms with Crippen LogP contribution in [0, 0.1) is 0 Å². The van der Waals surface area contributed by atoms with Crippen LogP contribution in [0.3, 0.4) is 0 Å². The van der Waals surface area contributed by atoms with Gasteiger partial charge in [-0.3, -0.25) is 4.79 Å². The molecule has 0 amide bonds. The Labute approximate surface area is 118 Å². The lowest BCUT2D eigenvalue weighted by Crippen LogP contribution is -2.33. The van der Waals surface area contributed by atoms with Gasteiger partial charge in [0.05, 0.1) is 17.5 Å². The van der Waals surface area contributed by atoms with Crippen LogP contribution in [0.1, 0.15) is 43.7 Å². The summed E-state index contributed by atoms with van der Waals surface area (Å²) in [5.74, 6) is -0.123. The first kappa shape index (κ1) is 14.2. The van der Waals surface area contributed by atoms with E-state index in [0.717, 1.165) is 30.4 Å². The van der Waals surface area contributed by atoms with Crippen molar-refractivity contribution in [3.63, 3.8) is 0 Å². The standard InChI is InChI=1S/C15H19ClO3/c1-3-10-8-13(19-2)12(16)9-11(10)15(14(17)18)6-4-5-7-15/h8-9H,3-7H2,1-2H3,(H,17,18). The van der Waals surface area contributed by atoms with Crippen LogP contribution in [0.25, 0.3) is 0 Å². The minimum Gasteiger partial charge on any atom is -0.495 e. The third-order valence-electron chi connectivity index (χ3n) is 4.14. The molecule has 0 bridgehead atoms. The summed E-state index contributed by atoms with van der Waals surface area (Å²) in [6, 6.07) is 3.67. The number of hydrogen-bond acceptors (Lipinski definition) is 2. The molecule has 3 nitrogen and oxygen atoms in total. The fourth-order valence-electron chi connectivity index (χ4n) is 3.07. The summed E-state index contributed by atoms with van der Waals surface area (Å²) in [7, 11) is 1.57. The van der Waals surface area contributed by atoms with Crippen molar-refractivity contribution in [3.05, 3.63) is 28.3 Å². The normalized spacial score (nSPS) is 17.4. The summed E-state index contributed by atoms with van der Waals surface area (Å²) in [4.78, 5) is 11.8. The highest BCUT2D eigenvalue weighted by Crippen LogP contribution is 2.45. The third-order valence-corrected chi connectivity index (χ3v) is 4.44. The Kier molecular flexibility index (Phi) is 4.04. The Hall–Kier alpha value is -1.22. The van der Waals surface area contributed by atoms with Crippen LogP contribution in [0.2, 0.25) is 5.02 Å². The van der Waals surface area contributed by atoms with E-state index in [2.05, 4.69) is 0 Å². The molecule has 2 rings (SSSR count). The van der Waals surface area contributed by atoms with E-state index in [1.165, 1.54) is 0 Å². The van der Waals surface area contributed by atoms with Gasteiger partial charge in [0.25, 0.3) is 0 Å². The zero-order valence-electron chi connectivity index (χ0n) is 11.3. The van der Waals surface area contributed by atoms with Gasteiger partial charge < -0.3 is 9.84 Å². The van der Waals surface area contributed by atoms with Crippen molar-refractivity contribution in [2.45, 2.75) is 44.4 Å². The van der Waals surface area contributed by atoms with E-state index in [0.29, 0.717) is 23.6 Å². The van der Waals surface area contributed by atoms with Gasteiger partial charge in [-0.15, -0.1) is 0 Å². The number of aryl methyl sites for hydroxylation is 1. The number of halogens is 1. The highest BCUT2D eigenvalue weighted by molar-refractivity contribution is 6.32. The van der Waals surface area contributed by atoms with E-state index in [-0.39, 0.29) is 0 Å². The predicted molar refractivity (Wildman–Crippen MR) is 75.2 cm³/mol. The van der Waals surface area contributed by atoms with Crippen LogP contribution in [0.4, 0.5) is 0 Å². The molecule has 0 spiro atoms. The van der Waals surface area contributed by atoms with Crippen LogP contribution in [0.15, 0.2) is 12.1 Å². The monoisotopic (exact) mass is 282 g/mol. The van der Waals surface area contributed by atoms with Gasteiger partial charge in [-0.05, 0) is 42.5 Å². The quantitative estimate of drug-likeness (QED) is 0.913. The molecule has 1 aliphatic rings. The molecule has 0 unspecified atom stereocenters. The SMILES string of the molecule is CCc1cc(OC)c(Cl)cc1C1(C(=O)O)CCCC1. The molecule has 19 heavy (non-hydrogen) atoms. The minimum absolute atomic E-state index is 0.488. The predicted octanol–water partition coefficient (Wildman–Crippen LogP) is 3.81. The second kappa shape index (κ2) is 5.41. The number of carboxylic acid groups (broad SMARTS) is 1. The van der Waals surface area contributed by atoms with Crippen molar-refractivity contribution < 1.29 is 14.6 Å². The van der Waals surface area contributed by atoms with Crippen molar-refractivity contribution in [2.24, 2.45) is 0 Å². The maximum absolute atomic E-state index is 11.8. The lowest BCUT2D eigenvalue weighted by atomic mass is 9.76. The maximum atomic E-state index is 11.8. The lowest BCUT2D eigenvalue weighted by Gasteiger charge is -2.27. The molecule has 0 aliphatic heterocycles. The second-order valence-corrected chi connectivity index (χ2v) is 5.50. The Morgan fingerprint density at radius 2 is 2.05 bits per heavy atom. The van der Waals surface area contributed by atoms with Gasteiger partial charge in [0.1, 0.15) is 5.75 Å². The molecule has 1 N–H and O–H groups in total. The van der Waals surface area contributed by atoms with Gasteiger partial charge in [0.2, 0.25) is 0 Å². The van der Waals surface area contributed by atoms with Gasteiger partial charge in [0.15, 0.2) is 0 Å². The van der Waals surface area contributed by atoms with Gasteiger partial charge in [-0.1, -0.05) is 31.4 Å². The van der Waals surface area contributed by atoms with E-state index >= 15 is 0 Å². The molecule has 1 aromatic rings. The highest BCUT2D eigenvalue weighted by Gasteiger charge is 2.44. The van der Waals surface area contributed by atoms with Crippen LogP contribution >= 0.6 is 11.6 Å². The lowest BCUT2D eigenvalue weighted by molar-refractivity contribution is -0.143. The molecule has 0 atom stereocenters. The number of methoxy groups -OCH3 is 1. The molecule has 1 fully saturated rings. The van der Waals surface area contributed by atoms with Gasteiger partial charge in [-0.2, -0.15) is 0 Å². The van der Waals surface area contributed by atoms with Gasteiger partial charge in [0, 0.05) is 0 Å². The number of benzene rings is 1. The molecule has 104 valence electrons. The van der Waals surface area contributed by atoms with Crippen molar-refractivity contribution in [1.29, 1.82) is 0 Å². The third kappa shape index (κ3) is 2.32. The van der Waals surface area contributed by atoms with Gasteiger partial charge >= 0.3 is 5.97 Å². The fourth-order valence-corrected chi connectivity index (χ4v) is 3.31. The van der Waals surface area contributed by atoms with Crippen molar-refractivity contribution in [1.82, 2.24) is 0 Å². The van der Waals surface area contributed by atoms with Crippen molar-refractivity contribution in [2.75, 3.05) is 7.11 Å². The van der Waals surface area contributed by atoms with Crippen molar-refractivity contribution in [3.8, 4) is 5.75 Å². The molecule has 1 saturated carbocycles. The molecule has 0 aromatic heterocycles. The Morgan fingerprint density at radius 1 is 1.42 bits per heavy atom. The Morgan fingerprint density at radius 3 is 2.53 bits per heavy atom. The molecule has 1 aliphatic carbocycles. The zero-order chi connectivity index (χ0) is 14.0. The highest BCUT2D eigenvalue weighted by atomic mass is 35.5. The summed E-state index contributed by atoms with van der Waals surface area (Å²) in [5, 5.41) is 10.2.